The fourth-order valence-electron chi connectivity index (χ4n) is 1.63. The number of para-hydroxylation sites is 1. The maximum absolute atomic E-state index is 13.1. The van der Waals surface area contributed by atoms with Crippen LogP contribution in [-0.2, 0) is 0 Å². The summed E-state index contributed by atoms with van der Waals surface area (Å²) in [6.45, 7) is 1.80. The quantitative estimate of drug-likeness (QED) is 0.631. The molecule has 0 saturated carbocycles. The minimum atomic E-state index is -1.49. The molecule has 5 heteroatoms. The second-order valence-electron chi connectivity index (χ2n) is 3.92. The molecule has 0 bridgehead atoms. The Morgan fingerprint density at radius 2 is 1.67 bits per heavy atom. The van der Waals surface area contributed by atoms with Gasteiger partial charge in [-0.1, -0.05) is 12.1 Å². The summed E-state index contributed by atoms with van der Waals surface area (Å²) < 4.78 is 38.9. The normalized spacial score (nSPS) is 10.4. The minimum Gasteiger partial charge on any atom is -0.397 e. The summed E-state index contributed by atoms with van der Waals surface area (Å²) in [5, 5.41) is 2.78. The van der Waals surface area contributed by atoms with Gasteiger partial charge >= 0.3 is 0 Å². The molecule has 0 aliphatic rings. The first-order chi connectivity index (χ1) is 8.49. The zero-order valence-electron chi connectivity index (χ0n) is 9.60. The van der Waals surface area contributed by atoms with Crippen molar-refractivity contribution in [2.75, 3.05) is 11.1 Å². The number of anilines is 3. The second kappa shape index (κ2) is 4.60. The molecule has 0 heterocycles. The van der Waals surface area contributed by atoms with Crippen LogP contribution in [0, 0.1) is 24.4 Å². The summed E-state index contributed by atoms with van der Waals surface area (Å²) in [7, 11) is 0. The van der Waals surface area contributed by atoms with Crippen LogP contribution >= 0.6 is 0 Å². The predicted octanol–water partition coefficient (Wildman–Crippen LogP) is 3.74. The number of nitrogen functional groups attached to an aromatic ring is 1. The number of rotatable bonds is 2. The summed E-state index contributed by atoms with van der Waals surface area (Å²) >= 11 is 0. The first kappa shape index (κ1) is 12.3. The van der Waals surface area contributed by atoms with Gasteiger partial charge in [-0.05, 0) is 18.6 Å². The third kappa shape index (κ3) is 2.25. The largest absolute Gasteiger partial charge is 0.397 e. The van der Waals surface area contributed by atoms with E-state index in [2.05, 4.69) is 5.32 Å². The molecule has 0 spiro atoms. The van der Waals surface area contributed by atoms with Crippen molar-refractivity contribution in [2.45, 2.75) is 6.92 Å². The molecule has 0 amide bonds. The summed E-state index contributed by atoms with van der Waals surface area (Å²) in [5.41, 5.74) is 7.66. The number of halogens is 3. The SMILES string of the molecule is Cc1cccc(N)c1Nc1cc(F)c(F)c(F)c1. The lowest BCUT2D eigenvalue weighted by Crippen LogP contribution is -2.00. The Morgan fingerprint density at radius 1 is 1.06 bits per heavy atom. The number of aryl methyl sites for hydroxylation is 1. The monoisotopic (exact) mass is 252 g/mol. The lowest BCUT2D eigenvalue weighted by Gasteiger charge is -2.12. The minimum absolute atomic E-state index is 0.104. The summed E-state index contributed by atoms with van der Waals surface area (Å²) in [6, 6.07) is 6.98. The number of hydrogen-bond acceptors (Lipinski definition) is 2. The van der Waals surface area contributed by atoms with Gasteiger partial charge in [-0.15, -0.1) is 0 Å². The van der Waals surface area contributed by atoms with E-state index < -0.39 is 17.5 Å². The predicted molar refractivity (Wildman–Crippen MR) is 65.2 cm³/mol. The molecule has 2 rings (SSSR count). The van der Waals surface area contributed by atoms with Crippen molar-refractivity contribution in [2.24, 2.45) is 0 Å². The van der Waals surface area contributed by atoms with E-state index in [0.717, 1.165) is 17.7 Å². The lowest BCUT2D eigenvalue weighted by atomic mass is 10.1. The number of nitrogens with two attached hydrogens (primary N) is 1. The van der Waals surface area contributed by atoms with Crippen molar-refractivity contribution < 1.29 is 13.2 Å². The average molecular weight is 252 g/mol. The highest BCUT2D eigenvalue weighted by Gasteiger charge is 2.11. The van der Waals surface area contributed by atoms with Crippen molar-refractivity contribution in [3.63, 3.8) is 0 Å². The van der Waals surface area contributed by atoms with Crippen LogP contribution < -0.4 is 11.1 Å². The Bertz CT molecular complexity index is 554. The first-order valence-corrected chi connectivity index (χ1v) is 5.25. The molecule has 94 valence electrons. The highest BCUT2D eigenvalue weighted by atomic mass is 19.2. The van der Waals surface area contributed by atoms with E-state index in [-0.39, 0.29) is 5.69 Å². The van der Waals surface area contributed by atoms with Crippen LogP contribution in [0.2, 0.25) is 0 Å². The molecule has 2 nitrogen and oxygen atoms in total. The summed E-state index contributed by atoms with van der Waals surface area (Å²) in [5.74, 6) is -3.98. The molecule has 0 saturated heterocycles. The first-order valence-electron chi connectivity index (χ1n) is 5.25. The average Bonchev–Trinajstić information content (AvgIpc) is 2.31. The maximum Gasteiger partial charge on any atom is 0.194 e. The van der Waals surface area contributed by atoms with Gasteiger partial charge in [0.2, 0.25) is 0 Å². The zero-order valence-corrected chi connectivity index (χ0v) is 9.60. The van der Waals surface area contributed by atoms with Gasteiger partial charge in [0, 0.05) is 17.8 Å². The third-order valence-corrected chi connectivity index (χ3v) is 2.56. The summed E-state index contributed by atoms with van der Waals surface area (Å²) in [4.78, 5) is 0. The van der Waals surface area contributed by atoms with Crippen molar-refractivity contribution in [1.29, 1.82) is 0 Å². The van der Waals surface area contributed by atoms with Gasteiger partial charge in [0.15, 0.2) is 17.5 Å². The number of benzene rings is 2. The summed E-state index contributed by atoms with van der Waals surface area (Å²) in [6.07, 6.45) is 0. The van der Waals surface area contributed by atoms with Crippen LogP contribution in [0.15, 0.2) is 30.3 Å². The molecule has 0 unspecified atom stereocenters. The van der Waals surface area contributed by atoms with Crippen molar-refractivity contribution in [3.05, 3.63) is 53.3 Å². The molecular weight excluding hydrogens is 241 g/mol. The van der Waals surface area contributed by atoms with Gasteiger partial charge in [-0.25, -0.2) is 13.2 Å². The lowest BCUT2D eigenvalue weighted by molar-refractivity contribution is 0.448. The van der Waals surface area contributed by atoms with Gasteiger partial charge < -0.3 is 11.1 Å². The third-order valence-electron chi connectivity index (χ3n) is 2.56. The standard InChI is InChI=1S/C13H11F3N2/c1-7-3-2-4-11(17)13(7)18-8-5-9(14)12(16)10(15)6-8/h2-6,18H,17H2,1H3. The molecule has 0 radical (unpaired) electrons. The van der Waals surface area contributed by atoms with Crippen molar-refractivity contribution in [1.82, 2.24) is 0 Å². The Hall–Kier alpha value is -2.17. The van der Waals surface area contributed by atoms with Crippen LogP contribution in [0.5, 0.6) is 0 Å². The molecule has 0 fully saturated rings. The number of nitrogens with one attached hydrogen (secondary N) is 1. The molecule has 2 aromatic carbocycles. The van der Waals surface area contributed by atoms with Gasteiger partial charge in [0.25, 0.3) is 0 Å². The highest BCUT2D eigenvalue weighted by Crippen LogP contribution is 2.28. The van der Waals surface area contributed by atoms with E-state index in [4.69, 9.17) is 5.73 Å². The molecule has 2 aromatic rings. The van der Waals surface area contributed by atoms with Gasteiger partial charge in [0.1, 0.15) is 0 Å². The van der Waals surface area contributed by atoms with Gasteiger partial charge in [-0.2, -0.15) is 0 Å². The molecule has 0 aromatic heterocycles. The molecule has 0 atom stereocenters. The van der Waals surface area contributed by atoms with Crippen LogP contribution in [-0.4, -0.2) is 0 Å². The molecule has 0 aliphatic carbocycles. The van der Waals surface area contributed by atoms with E-state index in [1.165, 1.54) is 0 Å². The van der Waals surface area contributed by atoms with Gasteiger partial charge in [-0.3, -0.25) is 0 Å². The molecule has 0 aliphatic heterocycles. The Labute approximate surface area is 102 Å². The van der Waals surface area contributed by atoms with E-state index in [0.29, 0.717) is 11.4 Å². The smallest absolute Gasteiger partial charge is 0.194 e. The van der Waals surface area contributed by atoms with Crippen LogP contribution in [0.3, 0.4) is 0 Å². The fourth-order valence-corrected chi connectivity index (χ4v) is 1.63. The topological polar surface area (TPSA) is 38.0 Å². The van der Waals surface area contributed by atoms with E-state index >= 15 is 0 Å². The van der Waals surface area contributed by atoms with Crippen LogP contribution in [0.25, 0.3) is 0 Å². The Morgan fingerprint density at radius 3 is 2.22 bits per heavy atom. The maximum atomic E-state index is 13.1. The van der Waals surface area contributed by atoms with E-state index in [9.17, 15) is 13.2 Å². The molecule has 18 heavy (non-hydrogen) atoms. The second-order valence-corrected chi connectivity index (χ2v) is 3.92. The van der Waals surface area contributed by atoms with Crippen LogP contribution in [0.1, 0.15) is 5.56 Å². The van der Waals surface area contributed by atoms with Crippen LogP contribution in [0.4, 0.5) is 30.2 Å². The van der Waals surface area contributed by atoms with Crippen molar-refractivity contribution >= 4 is 17.1 Å². The highest BCUT2D eigenvalue weighted by molar-refractivity contribution is 5.75. The Kier molecular flexibility index (Phi) is 3.14. The van der Waals surface area contributed by atoms with Crippen molar-refractivity contribution in [3.8, 4) is 0 Å². The Balaban J connectivity index is 2.41. The van der Waals surface area contributed by atoms with Gasteiger partial charge in [0.05, 0.1) is 11.4 Å². The van der Waals surface area contributed by atoms with E-state index in [1.54, 1.807) is 25.1 Å². The van der Waals surface area contributed by atoms with E-state index in [1.807, 2.05) is 0 Å². The number of hydrogen-bond donors (Lipinski definition) is 2. The molecule has 3 N–H and O–H groups in total. The zero-order chi connectivity index (χ0) is 13.3. The fraction of sp³-hybridized carbons (Fsp3) is 0.0769. The molecular formula is C13H11F3N2.